The maximum absolute atomic E-state index is 12.4. The zero-order valence-electron chi connectivity index (χ0n) is 12.3. The Morgan fingerprint density at radius 2 is 1.88 bits per heavy atom. The van der Waals surface area contributed by atoms with E-state index in [1.54, 1.807) is 6.07 Å². The molecular weight excluding hydrogens is 342 g/mol. The molecule has 5 nitrogen and oxygen atoms in total. The minimum atomic E-state index is -3.01. The number of hydrogen-bond acceptors (Lipinski definition) is 6. The second-order valence-electron chi connectivity index (χ2n) is 4.44. The highest BCUT2D eigenvalue weighted by atomic mass is 32.1. The van der Waals surface area contributed by atoms with E-state index in [0.29, 0.717) is 5.56 Å². The minimum Gasteiger partial charge on any atom is -0.544 e. The van der Waals surface area contributed by atoms with Crippen LogP contribution in [-0.2, 0) is 0 Å². The number of ether oxygens (including phenoxy) is 2. The normalized spacial score (nSPS) is 11.0. The van der Waals surface area contributed by atoms with Crippen molar-refractivity contribution in [3.8, 4) is 11.5 Å². The molecule has 0 radical (unpaired) electrons. The lowest BCUT2D eigenvalue weighted by Gasteiger charge is -2.10. The second-order valence-corrected chi connectivity index (χ2v) is 5.52. The number of hydrogen-bond donors (Lipinski definition) is 0. The second kappa shape index (κ2) is 7.69. The van der Waals surface area contributed by atoms with Gasteiger partial charge in [-0.3, -0.25) is 4.79 Å². The molecule has 2 rings (SSSR count). The van der Waals surface area contributed by atoms with Crippen LogP contribution in [0.2, 0.25) is 0 Å². The Hall–Kier alpha value is -2.74. The fraction of sp³-hybridized carbons (Fsp3) is 0.125. The SMILES string of the molecule is COc1ccc(/C=C/C(=O)c2ccc(C(=O)[O-])s2)cc1OC(F)F. The van der Waals surface area contributed by atoms with Gasteiger partial charge in [0.15, 0.2) is 17.3 Å². The molecule has 24 heavy (non-hydrogen) atoms. The fourth-order valence-electron chi connectivity index (χ4n) is 1.82. The summed E-state index contributed by atoms with van der Waals surface area (Å²) in [6.45, 7) is -3.01. The Morgan fingerprint density at radius 1 is 1.17 bits per heavy atom. The first kappa shape index (κ1) is 17.6. The molecule has 0 atom stereocenters. The number of halogens is 2. The maximum Gasteiger partial charge on any atom is 0.387 e. The highest BCUT2D eigenvalue weighted by molar-refractivity contribution is 7.16. The van der Waals surface area contributed by atoms with Crippen LogP contribution < -0.4 is 14.6 Å². The molecule has 8 heteroatoms. The number of aromatic carboxylic acids is 1. The van der Waals surface area contributed by atoms with Gasteiger partial charge in [-0.1, -0.05) is 12.1 Å². The first-order valence-electron chi connectivity index (χ1n) is 6.57. The lowest BCUT2D eigenvalue weighted by Crippen LogP contribution is -2.20. The molecule has 2 aromatic rings. The molecule has 0 saturated heterocycles. The van der Waals surface area contributed by atoms with E-state index in [2.05, 4.69) is 4.74 Å². The van der Waals surface area contributed by atoms with Crippen molar-refractivity contribution < 1.29 is 33.0 Å². The monoisotopic (exact) mass is 353 g/mol. The minimum absolute atomic E-state index is 0.0520. The van der Waals surface area contributed by atoms with Gasteiger partial charge in [0.05, 0.1) is 22.8 Å². The van der Waals surface area contributed by atoms with Crippen molar-refractivity contribution in [3.05, 3.63) is 51.7 Å². The predicted octanol–water partition coefficient (Wildman–Crippen LogP) is 2.62. The third-order valence-electron chi connectivity index (χ3n) is 2.88. The van der Waals surface area contributed by atoms with Gasteiger partial charge in [-0.2, -0.15) is 8.78 Å². The van der Waals surface area contributed by atoms with Crippen molar-refractivity contribution in [2.24, 2.45) is 0 Å². The first-order chi connectivity index (χ1) is 11.4. The van der Waals surface area contributed by atoms with Gasteiger partial charge in [-0.25, -0.2) is 0 Å². The molecule has 0 spiro atoms. The smallest absolute Gasteiger partial charge is 0.387 e. The number of ketones is 1. The van der Waals surface area contributed by atoms with Gasteiger partial charge in [0.2, 0.25) is 0 Å². The Morgan fingerprint density at radius 3 is 2.46 bits per heavy atom. The van der Waals surface area contributed by atoms with Gasteiger partial charge in [-0.15, -0.1) is 11.3 Å². The number of alkyl halides is 2. The third-order valence-corrected chi connectivity index (χ3v) is 3.96. The number of carbonyl (C=O) groups is 2. The summed E-state index contributed by atoms with van der Waals surface area (Å²) in [4.78, 5) is 22.8. The van der Waals surface area contributed by atoms with Crippen LogP contribution >= 0.6 is 11.3 Å². The standard InChI is InChI=1S/C16H12F2O5S/c1-22-11-5-3-9(8-12(11)23-16(17)18)2-4-10(19)13-6-7-14(24-13)15(20)21/h2-8,16H,1H3,(H,20,21)/p-1/b4-2+. The number of rotatable bonds is 7. The molecular formula is C16H11F2O5S-. The molecule has 0 aliphatic heterocycles. The van der Waals surface area contributed by atoms with E-state index in [1.807, 2.05) is 0 Å². The molecule has 0 N–H and O–H groups in total. The van der Waals surface area contributed by atoms with E-state index in [0.717, 1.165) is 11.3 Å². The van der Waals surface area contributed by atoms with Crippen molar-refractivity contribution in [1.82, 2.24) is 0 Å². The molecule has 126 valence electrons. The highest BCUT2D eigenvalue weighted by Crippen LogP contribution is 2.30. The topological polar surface area (TPSA) is 75.7 Å². The Balaban J connectivity index is 2.18. The van der Waals surface area contributed by atoms with Crippen molar-refractivity contribution in [3.63, 3.8) is 0 Å². The van der Waals surface area contributed by atoms with Crippen LogP contribution in [0.1, 0.15) is 24.9 Å². The zero-order chi connectivity index (χ0) is 17.7. The summed E-state index contributed by atoms with van der Waals surface area (Å²) in [5.41, 5.74) is 0.441. The van der Waals surface area contributed by atoms with Crippen LogP contribution in [0, 0.1) is 0 Å². The average Bonchev–Trinajstić information content (AvgIpc) is 3.02. The van der Waals surface area contributed by atoms with Crippen LogP contribution in [-0.4, -0.2) is 25.5 Å². The predicted molar refractivity (Wildman–Crippen MR) is 81.6 cm³/mol. The van der Waals surface area contributed by atoms with Crippen LogP contribution in [0.4, 0.5) is 8.78 Å². The summed E-state index contributed by atoms with van der Waals surface area (Å²) in [6.07, 6.45) is 2.61. The van der Waals surface area contributed by atoms with E-state index < -0.39 is 18.4 Å². The highest BCUT2D eigenvalue weighted by Gasteiger charge is 2.11. The van der Waals surface area contributed by atoms with Crippen molar-refractivity contribution in [1.29, 1.82) is 0 Å². The summed E-state index contributed by atoms with van der Waals surface area (Å²) in [6, 6.07) is 6.95. The van der Waals surface area contributed by atoms with Gasteiger partial charge >= 0.3 is 6.61 Å². The van der Waals surface area contributed by atoms with Gasteiger partial charge in [0.1, 0.15) is 0 Å². The van der Waals surface area contributed by atoms with Gasteiger partial charge < -0.3 is 19.4 Å². The summed E-state index contributed by atoms with van der Waals surface area (Å²) in [5, 5.41) is 10.7. The van der Waals surface area contributed by atoms with Crippen LogP contribution in [0.25, 0.3) is 6.08 Å². The van der Waals surface area contributed by atoms with Crippen LogP contribution in [0.3, 0.4) is 0 Å². The summed E-state index contributed by atoms with van der Waals surface area (Å²) < 4.78 is 34.0. The number of benzene rings is 1. The van der Waals surface area contributed by atoms with E-state index in [1.165, 1.54) is 43.5 Å². The number of methoxy groups -OCH3 is 1. The van der Waals surface area contributed by atoms with E-state index >= 15 is 0 Å². The van der Waals surface area contributed by atoms with E-state index in [4.69, 9.17) is 4.74 Å². The number of carboxylic acid groups (broad SMARTS) is 1. The maximum atomic E-state index is 12.4. The number of carbonyl (C=O) groups excluding carboxylic acids is 2. The summed E-state index contributed by atoms with van der Waals surface area (Å²) in [7, 11) is 1.32. The van der Waals surface area contributed by atoms with Crippen LogP contribution in [0.5, 0.6) is 11.5 Å². The van der Waals surface area contributed by atoms with Crippen molar-refractivity contribution >= 4 is 29.2 Å². The Bertz CT molecular complexity index is 783. The molecule has 1 aromatic carbocycles. The summed E-state index contributed by atoms with van der Waals surface area (Å²) in [5.74, 6) is -1.79. The van der Waals surface area contributed by atoms with Gasteiger partial charge in [0, 0.05) is 0 Å². The van der Waals surface area contributed by atoms with Gasteiger partial charge in [-0.05, 0) is 35.9 Å². The molecule has 0 saturated carbocycles. The average molecular weight is 353 g/mol. The molecule has 0 bridgehead atoms. The third kappa shape index (κ3) is 4.39. The molecule has 0 fully saturated rings. The molecule has 0 aliphatic carbocycles. The lowest BCUT2D eigenvalue weighted by atomic mass is 10.1. The molecule has 1 aromatic heterocycles. The number of thiophene rings is 1. The quantitative estimate of drug-likeness (QED) is 0.565. The Kier molecular flexibility index (Phi) is 5.64. The lowest BCUT2D eigenvalue weighted by molar-refractivity contribution is -0.254. The van der Waals surface area contributed by atoms with Crippen LogP contribution in [0.15, 0.2) is 36.4 Å². The number of carboxylic acids is 1. The van der Waals surface area contributed by atoms with E-state index in [-0.39, 0.29) is 21.3 Å². The van der Waals surface area contributed by atoms with E-state index in [9.17, 15) is 23.5 Å². The van der Waals surface area contributed by atoms with Gasteiger partial charge in [0.25, 0.3) is 0 Å². The molecule has 0 aliphatic rings. The molecule has 0 unspecified atom stereocenters. The summed E-state index contributed by atoms with van der Waals surface area (Å²) >= 11 is 0.795. The fourth-order valence-corrected chi connectivity index (χ4v) is 2.58. The number of allylic oxidation sites excluding steroid dienone is 1. The Labute approximate surface area is 139 Å². The zero-order valence-corrected chi connectivity index (χ0v) is 13.1. The van der Waals surface area contributed by atoms with Crippen molar-refractivity contribution in [2.45, 2.75) is 6.61 Å². The van der Waals surface area contributed by atoms with Crippen molar-refractivity contribution in [2.75, 3.05) is 7.11 Å². The largest absolute Gasteiger partial charge is 0.544 e. The molecule has 1 heterocycles. The molecule has 0 amide bonds. The first-order valence-corrected chi connectivity index (χ1v) is 7.39.